The summed E-state index contributed by atoms with van der Waals surface area (Å²) in [4.78, 5) is 4.30. The lowest BCUT2D eigenvalue weighted by molar-refractivity contribution is 0.0799. The number of hydrogen-bond donors (Lipinski definition) is 1. The maximum Gasteiger partial charge on any atom is 0.0647 e. The lowest BCUT2D eigenvalue weighted by Gasteiger charge is -2.16. The summed E-state index contributed by atoms with van der Waals surface area (Å²) >= 11 is 0. The monoisotopic (exact) mass is 165 g/mol. The van der Waals surface area contributed by atoms with Crippen LogP contribution in [0, 0.1) is 6.92 Å². The van der Waals surface area contributed by atoms with Crippen LogP contribution in [0.4, 0.5) is 0 Å². The lowest BCUT2D eigenvalue weighted by Crippen LogP contribution is -2.22. The highest BCUT2D eigenvalue weighted by molar-refractivity contribution is 5.11. The predicted octanol–water partition coefficient (Wildman–Crippen LogP) is 1.70. The molecule has 1 aromatic heterocycles. The first-order valence-electron chi connectivity index (χ1n) is 4.12. The van der Waals surface area contributed by atoms with Crippen LogP contribution in [0.2, 0.25) is 0 Å². The van der Waals surface area contributed by atoms with E-state index in [9.17, 15) is 5.11 Å². The van der Waals surface area contributed by atoms with E-state index in [-0.39, 0.29) is 0 Å². The maximum absolute atomic E-state index is 9.52. The van der Waals surface area contributed by atoms with Crippen molar-refractivity contribution in [1.82, 2.24) is 4.98 Å². The van der Waals surface area contributed by atoms with E-state index in [1.807, 2.05) is 25.1 Å². The van der Waals surface area contributed by atoms with Crippen LogP contribution < -0.4 is 0 Å². The SMILES string of the molecule is Cc1cccc(CC(C)(C)O)n1. The van der Waals surface area contributed by atoms with Gasteiger partial charge in [-0.1, -0.05) is 6.07 Å². The first-order chi connectivity index (χ1) is 5.47. The van der Waals surface area contributed by atoms with E-state index in [0.717, 1.165) is 11.4 Å². The quantitative estimate of drug-likeness (QED) is 0.723. The fourth-order valence-electron chi connectivity index (χ4n) is 1.14. The summed E-state index contributed by atoms with van der Waals surface area (Å²) in [7, 11) is 0. The summed E-state index contributed by atoms with van der Waals surface area (Å²) < 4.78 is 0. The van der Waals surface area contributed by atoms with Crippen LogP contribution in [-0.4, -0.2) is 15.7 Å². The number of rotatable bonds is 2. The third-order valence-electron chi connectivity index (χ3n) is 1.56. The van der Waals surface area contributed by atoms with E-state index < -0.39 is 5.60 Å². The third-order valence-corrected chi connectivity index (χ3v) is 1.56. The van der Waals surface area contributed by atoms with E-state index >= 15 is 0 Å². The first-order valence-corrected chi connectivity index (χ1v) is 4.12. The predicted molar refractivity (Wildman–Crippen MR) is 49.0 cm³/mol. The van der Waals surface area contributed by atoms with Crippen LogP contribution >= 0.6 is 0 Å². The molecule has 1 N–H and O–H groups in total. The Kier molecular flexibility index (Phi) is 2.48. The van der Waals surface area contributed by atoms with E-state index in [1.165, 1.54) is 0 Å². The van der Waals surface area contributed by atoms with Crippen LogP contribution in [0.1, 0.15) is 25.2 Å². The van der Waals surface area contributed by atoms with Gasteiger partial charge in [0.2, 0.25) is 0 Å². The van der Waals surface area contributed by atoms with Crippen molar-refractivity contribution in [2.75, 3.05) is 0 Å². The maximum atomic E-state index is 9.52. The average molecular weight is 165 g/mol. The highest BCUT2D eigenvalue weighted by atomic mass is 16.3. The molecule has 0 unspecified atom stereocenters. The van der Waals surface area contributed by atoms with Gasteiger partial charge in [0, 0.05) is 17.8 Å². The largest absolute Gasteiger partial charge is 0.390 e. The van der Waals surface area contributed by atoms with Crippen LogP contribution in [0.15, 0.2) is 18.2 Å². The molecule has 2 heteroatoms. The van der Waals surface area contributed by atoms with Crippen LogP contribution in [0.5, 0.6) is 0 Å². The molecule has 0 bridgehead atoms. The van der Waals surface area contributed by atoms with Crippen molar-refractivity contribution >= 4 is 0 Å². The van der Waals surface area contributed by atoms with E-state index in [4.69, 9.17) is 0 Å². The van der Waals surface area contributed by atoms with Crippen LogP contribution in [-0.2, 0) is 6.42 Å². The van der Waals surface area contributed by atoms with Crippen molar-refractivity contribution < 1.29 is 5.11 Å². The summed E-state index contributed by atoms with van der Waals surface area (Å²) in [5.74, 6) is 0. The molecule has 0 atom stereocenters. The Morgan fingerprint density at radius 3 is 2.58 bits per heavy atom. The molecule has 0 aliphatic heterocycles. The second kappa shape index (κ2) is 3.23. The Bertz CT molecular complexity index is 263. The van der Waals surface area contributed by atoms with Gasteiger partial charge in [-0.15, -0.1) is 0 Å². The normalized spacial score (nSPS) is 11.7. The molecule has 0 spiro atoms. The first kappa shape index (κ1) is 9.20. The summed E-state index contributed by atoms with van der Waals surface area (Å²) in [6, 6.07) is 5.85. The van der Waals surface area contributed by atoms with Gasteiger partial charge in [-0.25, -0.2) is 0 Å². The van der Waals surface area contributed by atoms with Gasteiger partial charge in [-0.2, -0.15) is 0 Å². The molecule has 1 heterocycles. The number of aromatic nitrogens is 1. The molecule has 66 valence electrons. The molecule has 0 saturated carbocycles. The van der Waals surface area contributed by atoms with Crippen LogP contribution in [0.25, 0.3) is 0 Å². The topological polar surface area (TPSA) is 33.1 Å². The van der Waals surface area contributed by atoms with Crippen molar-refractivity contribution in [3.8, 4) is 0 Å². The molecular formula is C10H15NO. The molecule has 0 aromatic carbocycles. The molecule has 0 fully saturated rings. The molecule has 2 nitrogen and oxygen atoms in total. The van der Waals surface area contributed by atoms with E-state index in [0.29, 0.717) is 6.42 Å². The van der Waals surface area contributed by atoms with Crippen molar-refractivity contribution in [1.29, 1.82) is 0 Å². The van der Waals surface area contributed by atoms with Gasteiger partial charge >= 0.3 is 0 Å². The summed E-state index contributed by atoms with van der Waals surface area (Å²) in [5, 5.41) is 9.52. The van der Waals surface area contributed by atoms with Crippen LogP contribution in [0.3, 0.4) is 0 Å². The summed E-state index contributed by atoms with van der Waals surface area (Å²) in [6.45, 7) is 5.53. The Morgan fingerprint density at radius 2 is 2.08 bits per heavy atom. The molecule has 0 aliphatic rings. The van der Waals surface area contributed by atoms with Gasteiger partial charge in [0.15, 0.2) is 0 Å². The molecule has 1 aromatic rings. The van der Waals surface area contributed by atoms with Gasteiger partial charge in [0.1, 0.15) is 0 Å². The lowest BCUT2D eigenvalue weighted by atomic mass is 10.0. The summed E-state index contributed by atoms with van der Waals surface area (Å²) in [6.07, 6.45) is 0.606. The number of aryl methyl sites for hydroxylation is 1. The average Bonchev–Trinajstić information content (AvgIpc) is 1.82. The smallest absolute Gasteiger partial charge is 0.0647 e. The Morgan fingerprint density at radius 1 is 1.42 bits per heavy atom. The van der Waals surface area contributed by atoms with Gasteiger partial charge in [-0.05, 0) is 32.9 Å². The molecule has 12 heavy (non-hydrogen) atoms. The fourth-order valence-corrected chi connectivity index (χ4v) is 1.14. The minimum Gasteiger partial charge on any atom is -0.390 e. The molecule has 0 radical (unpaired) electrons. The molecule has 1 rings (SSSR count). The number of nitrogens with zero attached hydrogens (tertiary/aromatic N) is 1. The van der Waals surface area contributed by atoms with E-state index in [2.05, 4.69) is 4.98 Å². The van der Waals surface area contributed by atoms with Gasteiger partial charge in [0.25, 0.3) is 0 Å². The van der Waals surface area contributed by atoms with Gasteiger partial charge in [-0.3, -0.25) is 4.98 Å². The number of pyridine rings is 1. The Hall–Kier alpha value is -0.890. The molecule has 0 amide bonds. The van der Waals surface area contributed by atoms with Gasteiger partial charge < -0.3 is 5.11 Å². The summed E-state index contributed by atoms with van der Waals surface area (Å²) in [5.41, 5.74) is 1.28. The highest BCUT2D eigenvalue weighted by Gasteiger charge is 2.13. The van der Waals surface area contributed by atoms with Crippen molar-refractivity contribution in [2.45, 2.75) is 32.8 Å². The Labute approximate surface area is 73.3 Å². The third kappa shape index (κ3) is 3.01. The van der Waals surface area contributed by atoms with Crippen molar-refractivity contribution in [3.63, 3.8) is 0 Å². The zero-order chi connectivity index (χ0) is 9.19. The zero-order valence-electron chi connectivity index (χ0n) is 7.83. The second-order valence-corrected chi connectivity index (χ2v) is 3.76. The minimum atomic E-state index is -0.666. The second-order valence-electron chi connectivity index (χ2n) is 3.76. The molecule has 0 aliphatic carbocycles. The fraction of sp³-hybridized carbons (Fsp3) is 0.500. The highest BCUT2D eigenvalue weighted by Crippen LogP contribution is 2.10. The molecule has 0 saturated heterocycles. The Balaban J connectivity index is 2.77. The molecular weight excluding hydrogens is 150 g/mol. The van der Waals surface area contributed by atoms with Crippen molar-refractivity contribution in [3.05, 3.63) is 29.6 Å². The zero-order valence-corrected chi connectivity index (χ0v) is 7.83. The number of hydrogen-bond acceptors (Lipinski definition) is 2. The standard InChI is InChI=1S/C10H15NO/c1-8-5-4-6-9(11-8)7-10(2,3)12/h4-6,12H,7H2,1-3H3. The van der Waals surface area contributed by atoms with Gasteiger partial charge in [0.05, 0.1) is 5.60 Å². The van der Waals surface area contributed by atoms with E-state index in [1.54, 1.807) is 13.8 Å². The number of aliphatic hydroxyl groups is 1. The minimum absolute atomic E-state index is 0.606. The van der Waals surface area contributed by atoms with Crippen molar-refractivity contribution in [2.24, 2.45) is 0 Å².